The van der Waals surface area contributed by atoms with Crippen LogP contribution in [0.15, 0.2) is 27.8 Å². The van der Waals surface area contributed by atoms with Gasteiger partial charge >= 0.3 is 0 Å². The number of carbonyl (C=O) groups is 1. The Balaban J connectivity index is 1.26. The summed E-state index contributed by atoms with van der Waals surface area (Å²) in [6.07, 6.45) is 5.70. The fraction of sp³-hybridized carbons (Fsp3) is 0.571. The first-order valence-corrected chi connectivity index (χ1v) is 13.7. The first kappa shape index (κ1) is 21.6. The number of rotatable bonds is 6. The summed E-state index contributed by atoms with van der Waals surface area (Å²) in [6, 6.07) is 5.26. The summed E-state index contributed by atoms with van der Waals surface area (Å²) >= 11 is 1.18. The highest BCUT2D eigenvalue weighted by molar-refractivity contribution is 7.99. The van der Waals surface area contributed by atoms with E-state index in [1.807, 2.05) is 11.0 Å². The van der Waals surface area contributed by atoms with Crippen LogP contribution in [0.3, 0.4) is 0 Å². The molecule has 2 fully saturated rings. The zero-order valence-electron chi connectivity index (χ0n) is 17.6. The smallest absolute Gasteiger partial charge is 0.277 e. The molecule has 1 aliphatic carbocycles. The number of ether oxygens (including phenoxy) is 2. The minimum absolute atomic E-state index is 0.0631. The number of benzene rings is 1. The molecule has 1 atom stereocenters. The third-order valence-electron chi connectivity index (χ3n) is 6.20. The average Bonchev–Trinajstić information content (AvgIpc) is 3.52. The Kier molecular flexibility index (Phi) is 6.02. The molecule has 11 heteroatoms. The maximum absolute atomic E-state index is 13.2. The molecule has 1 aromatic heterocycles. The normalized spacial score (nSPS) is 22.2. The number of hydrogen-bond acceptors (Lipinski definition) is 9. The van der Waals surface area contributed by atoms with Crippen molar-refractivity contribution >= 4 is 27.5 Å². The van der Waals surface area contributed by atoms with Gasteiger partial charge in [0.15, 0.2) is 21.3 Å². The lowest BCUT2D eigenvalue weighted by Gasteiger charge is -2.38. The molecule has 9 nitrogen and oxygen atoms in total. The van der Waals surface area contributed by atoms with Gasteiger partial charge in [0.25, 0.3) is 5.22 Å². The first-order valence-electron chi connectivity index (χ1n) is 10.9. The van der Waals surface area contributed by atoms with Gasteiger partial charge in [-0.15, -0.1) is 10.2 Å². The number of amides is 1. The highest BCUT2D eigenvalue weighted by Crippen LogP contribution is 2.36. The van der Waals surface area contributed by atoms with E-state index >= 15 is 0 Å². The molecule has 2 aliphatic heterocycles. The molecular formula is C21H25N3O6S2. The van der Waals surface area contributed by atoms with Crippen molar-refractivity contribution < 1.29 is 27.1 Å². The van der Waals surface area contributed by atoms with Crippen LogP contribution >= 0.6 is 11.8 Å². The Morgan fingerprint density at radius 2 is 1.88 bits per heavy atom. The van der Waals surface area contributed by atoms with Crippen LogP contribution in [0.1, 0.15) is 38.5 Å². The summed E-state index contributed by atoms with van der Waals surface area (Å²) in [5.74, 6) is 1.93. The third kappa shape index (κ3) is 4.59. The van der Waals surface area contributed by atoms with Gasteiger partial charge in [0.1, 0.15) is 0 Å². The van der Waals surface area contributed by atoms with Gasteiger partial charge in [-0.3, -0.25) is 4.79 Å². The number of thioether (sulfide) groups is 1. The zero-order chi connectivity index (χ0) is 22.1. The molecule has 172 valence electrons. The average molecular weight is 480 g/mol. The lowest BCUT2D eigenvalue weighted by molar-refractivity contribution is -0.133. The second-order valence-corrected chi connectivity index (χ2v) is 11.5. The second-order valence-electron chi connectivity index (χ2n) is 8.38. The fourth-order valence-electron chi connectivity index (χ4n) is 4.67. The summed E-state index contributed by atoms with van der Waals surface area (Å²) in [6.45, 7) is 0.186. The minimum Gasteiger partial charge on any atom is -0.454 e. The number of carbonyl (C=O) groups excluding carboxylic acids is 1. The van der Waals surface area contributed by atoms with Crippen LogP contribution in [-0.4, -0.2) is 65.6 Å². The molecule has 0 unspecified atom stereocenters. The third-order valence-corrected chi connectivity index (χ3v) is 8.76. The maximum atomic E-state index is 13.2. The molecule has 0 N–H and O–H groups in total. The summed E-state index contributed by atoms with van der Waals surface area (Å²) in [4.78, 5) is 15.1. The predicted octanol–water partition coefficient (Wildman–Crippen LogP) is 2.91. The van der Waals surface area contributed by atoms with Crippen molar-refractivity contribution in [3.05, 3.63) is 18.2 Å². The van der Waals surface area contributed by atoms with Crippen molar-refractivity contribution in [1.82, 2.24) is 15.1 Å². The highest BCUT2D eigenvalue weighted by Gasteiger charge is 2.38. The van der Waals surface area contributed by atoms with Gasteiger partial charge in [-0.25, -0.2) is 8.42 Å². The SMILES string of the molecule is O=C(CSc1nnc(-c2ccc3c(c2)OCO3)o1)N(C1CCCCC1)[C@H]1CCS(=O)(=O)C1. The van der Waals surface area contributed by atoms with Gasteiger partial charge in [0.2, 0.25) is 18.6 Å². The minimum atomic E-state index is -3.07. The van der Waals surface area contributed by atoms with Crippen LogP contribution in [0.2, 0.25) is 0 Å². The van der Waals surface area contributed by atoms with Crippen molar-refractivity contribution in [2.45, 2.75) is 55.8 Å². The van der Waals surface area contributed by atoms with E-state index in [-0.39, 0.29) is 42.0 Å². The number of nitrogens with zero attached hydrogens (tertiary/aromatic N) is 3. The van der Waals surface area contributed by atoms with Gasteiger partial charge in [-0.05, 0) is 37.5 Å². The molecule has 1 saturated carbocycles. The topological polar surface area (TPSA) is 112 Å². The van der Waals surface area contributed by atoms with Crippen molar-refractivity contribution in [1.29, 1.82) is 0 Å². The second kappa shape index (κ2) is 8.93. The molecule has 1 saturated heterocycles. The van der Waals surface area contributed by atoms with E-state index in [2.05, 4.69) is 10.2 Å². The molecular weight excluding hydrogens is 454 g/mol. The van der Waals surface area contributed by atoms with Crippen molar-refractivity contribution in [3.63, 3.8) is 0 Å². The van der Waals surface area contributed by atoms with Crippen LogP contribution in [0, 0.1) is 0 Å². The van der Waals surface area contributed by atoms with Gasteiger partial charge in [-0.1, -0.05) is 31.0 Å². The number of fused-ring (bicyclic) bond motifs is 1. The Morgan fingerprint density at radius 3 is 2.66 bits per heavy atom. The van der Waals surface area contributed by atoms with E-state index in [0.717, 1.165) is 25.7 Å². The first-order chi connectivity index (χ1) is 15.5. The Hall–Kier alpha value is -2.27. The van der Waals surface area contributed by atoms with Crippen LogP contribution in [-0.2, 0) is 14.6 Å². The summed E-state index contributed by atoms with van der Waals surface area (Å²) in [5, 5.41) is 8.44. The summed E-state index contributed by atoms with van der Waals surface area (Å²) in [7, 11) is -3.07. The standard InChI is InChI=1S/C21H25N3O6S2/c25-19(24(15-4-2-1-3-5-15)16-8-9-32(26,27)12-16)11-31-21-23-22-20(30-21)14-6-7-17-18(10-14)29-13-28-17/h6-7,10,15-16H,1-5,8-9,11-13H2/t16-/m0/s1. The molecule has 2 aromatic rings. The van der Waals surface area contributed by atoms with Crippen LogP contribution in [0.5, 0.6) is 11.5 Å². The number of aromatic nitrogens is 2. The molecule has 0 spiro atoms. The van der Waals surface area contributed by atoms with E-state index in [9.17, 15) is 13.2 Å². The van der Waals surface area contributed by atoms with Gasteiger partial charge < -0.3 is 18.8 Å². The van der Waals surface area contributed by atoms with E-state index in [1.165, 1.54) is 18.2 Å². The van der Waals surface area contributed by atoms with E-state index in [1.54, 1.807) is 12.1 Å². The maximum Gasteiger partial charge on any atom is 0.277 e. The lowest BCUT2D eigenvalue weighted by Crippen LogP contribution is -2.49. The van der Waals surface area contributed by atoms with Crippen LogP contribution in [0.25, 0.3) is 11.5 Å². The highest BCUT2D eigenvalue weighted by atomic mass is 32.2. The molecule has 32 heavy (non-hydrogen) atoms. The molecule has 3 heterocycles. The van der Waals surface area contributed by atoms with Crippen LogP contribution < -0.4 is 9.47 Å². The van der Waals surface area contributed by atoms with Gasteiger partial charge in [0, 0.05) is 17.6 Å². The zero-order valence-corrected chi connectivity index (χ0v) is 19.2. The Bertz CT molecular complexity index is 1100. The van der Waals surface area contributed by atoms with E-state index in [4.69, 9.17) is 13.9 Å². The quantitative estimate of drug-likeness (QED) is 0.577. The van der Waals surface area contributed by atoms with Crippen molar-refractivity contribution in [3.8, 4) is 23.0 Å². The molecule has 3 aliphatic rings. The van der Waals surface area contributed by atoms with Crippen molar-refractivity contribution in [2.75, 3.05) is 24.1 Å². The largest absolute Gasteiger partial charge is 0.454 e. The molecule has 1 aromatic carbocycles. The molecule has 5 rings (SSSR count). The van der Waals surface area contributed by atoms with Gasteiger partial charge in [-0.2, -0.15) is 0 Å². The Morgan fingerprint density at radius 1 is 1.06 bits per heavy atom. The monoisotopic (exact) mass is 479 g/mol. The molecule has 0 bridgehead atoms. The number of sulfone groups is 1. The molecule has 1 amide bonds. The van der Waals surface area contributed by atoms with E-state index in [0.29, 0.717) is 34.6 Å². The molecule has 0 radical (unpaired) electrons. The number of hydrogen-bond donors (Lipinski definition) is 0. The summed E-state index contributed by atoms with van der Waals surface area (Å²) < 4.78 is 40.5. The fourth-order valence-corrected chi connectivity index (χ4v) is 7.02. The van der Waals surface area contributed by atoms with Crippen molar-refractivity contribution in [2.24, 2.45) is 0 Å². The van der Waals surface area contributed by atoms with E-state index < -0.39 is 9.84 Å². The summed E-state index contributed by atoms with van der Waals surface area (Å²) in [5.41, 5.74) is 0.708. The van der Waals surface area contributed by atoms with Crippen LogP contribution in [0.4, 0.5) is 0 Å². The Labute approximate surface area is 190 Å². The van der Waals surface area contributed by atoms with Gasteiger partial charge in [0.05, 0.1) is 17.3 Å². The predicted molar refractivity (Wildman–Crippen MR) is 117 cm³/mol. The lowest BCUT2D eigenvalue weighted by atomic mass is 9.93.